The number of unbranched alkanes of at least 4 members (excludes halogenated alkanes) is 48. The highest BCUT2D eigenvalue weighted by Crippen LogP contribution is 2.18. The van der Waals surface area contributed by atoms with Crippen molar-refractivity contribution in [3.8, 4) is 0 Å². The molecule has 0 aliphatic rings. The fourth-order valence-corrected chi connectivity index (χ4v) is 10.1. The Morgan fingerprint density at radius 3 is 0.694 bits per heavy atom. The molecule has 0 rings (SSSR count). The molecular formula is C66H126O6. The minimum Gasteiger partial charge on any atom is -0.462 e. The predicted octanol–water partition coefficient (Wildman–Crippen LogP) is 22.1. The Morgan fingerprint density at radius 1 is 0.264 bits per heavy atom. The molecule has 0 aromatic rings. The number of allylic oxidation sites excluding steroid dienone is 2. The van der Waals surface area contributed by atoms with Gasteiger partial charge in [-0.15, -0.1) is 0 Å². The van der Waals surface area contributed by atoms with Gasteiger partial charge in [0, 0.05) is 19.3 Å². The van der Waals surface area contributed by atoms with E-state index in [4.69, 9.17) is 14.2 Å². The van der Waals surface area contributed by atoms with E-state index in [9.17, 15) is 14.4 Å². The minimum absolute atomic E-state index is 0.0631. The van der Waals surface area contributed by atoms with Crippen molar-refractivity contribution >= 4 is 17.9 Å². The first-order valence-electron chi connectivity index (χ1n) is 32.7. The number of ether oxygens (including phenoxy) is 3. The number of esters is 3. The van der Waals surface area contributed by atoms with Gasteiger partial charge in [0.1, 0.15) is 13.2 Å². The molecule has 72 heavy (non-hydrogen) atoms. The van der Waals surface area contributed by atoms with Gasteiger partial charge < -0.3 is 14.2 Å². The zero-order valence-electron chi connectivity index (χ0n) is 49.0. The maximum absolute atomic E-state index is 12.8. The van der Waals surface area contributed by atoms with Gasteiger partial charge in [-0.05, 0) is 44.9 Å². The highest BCUT2D eigenvalue weighted by molar-refractivity contribution is 5.71. The second-order valence-electron chi connectivity index (χ2n) is 22.4. The van der Waals surface area contributed by atoms with Crippen molar-refractivity contribution in [3.05, 3.63) is 12.2 Å². The Kier molecular flexibility index (Phi) is 60.1. The molecule has 6 nitrogen and oxygen atoms in total. The third-order valence-corrected chi connectivity index (χ3v) is 15.0. The molecule has 426 valence electrons. The summed E-state index contributed by atoms with van der Waals surface area (Å²) in [6, 6.07) is 0. The van der Waals surface area contributed by atoms with Crippen LogP contribution < -0.4 is 0 Å². The van der Waals surface area contributed by atoms with Gasteiger partial charge in [-0.1, -0.05) is 322 Å². The van der Waals surface area contributed by atoms with Crippen LogP contribution >= 0.6 is 0 Å². The third-order valence-electron chi connectivity index (χ3n) is 15.0. The zero-order valence-corrected chi connectivity index (χ0v) is 49.0. The molecule has 0 bridgehead atoms. The standard InChI is InChI=1S/C66H126O6/c1-4-7-10-13-16-19-21-22-23-24-25-26-27-28-29-30-31-32-33-34-35-36-37-38-39-40-41-42-43-44-45-48-50-53-56-59-65(68)71-62-63(61-70-64(67)58-55-52-49-46-18-15-12-9-6-3)72-66(69)60-57-54-51-47-20-17-14-11-8-5-2/h24-25,63H,4-23,26-62H2,1-3H3/b25-24-. The summed E-state index contributed by atoms with van der Waals surface area (Å²) in [4.78, 5) is 38.0. The van der Waals surface area contributed by atoms with Gasteiger partial charge >= 0.3 is 17.9 Å². The average Bonchev–Trinajstić information content (AvgIpc) is 3.38. The summed E-state index contributed by atoms with van der Waals surface area (Å²) in [6.45, 7) is 6.66. The highest BCUT2D eigenvalue weighted by atomic mass is 16.6. The van der Waals surface area contributed by atoms with Crippen molar-refractivity contribution in [2.45, 2.75) is 380 Å². The van der Waals surface area contributed by atoms with Crippen LogP contribution in [0.2, 0.25) is 0 Å². The van der Waals surface area contributed by atoms with Gasteiger partial charge in [0.2, 0.25) is 0 Å². The Morgan fingerprint density at radius 2 is 0.458 bits per heavy atom. The van der Waals surface area contributed by atoms with E-state index in [1.165, 1.54) is 276 Å². The Hall–Kier alpha value is -1.85. The third kappa shape index (κ3) is 59.0. The van der Waals surface area contributed by atoms with E-state index < -0.39 is 6.10 Å². The summed E-state index contributed by atoms with van der Waals surface area (Å²) in [5.74, 6) is -0.844. The topological polar surface area (TPSA) is 78.9 Å². The van der Waals surface area contributed by atoms with Crippen LogP contribution in [0.5, 0.6) is 0 Å². The fraction of sp³-hybridized carbons (Fsp3) is 0.924. The maximum atomic E-state index is 12.8. The molecule has 0 saturated heterocycles. The molecule has 1 unspecified atom stereocenters. The SMILES string of the molecule is CCCCCCCCCC/C=C\CCCCCCCCCCCCCCCCCCCCCCCCCC(=O)OCC(COC(=O)CCCCCCCCCCC)OC(=O)CCCCCCCCCCCC. The van der Waals surface area contributed by atoms with E-state index >= 15 is 0 Å². The highest BCUT2D eigenvalue weighted by Gasteiger charge is 2.19. The molecule has 0 fully saturated rings. The van der Waals surface area contributed by atoms with Crippen molar-refractivity contribution < 1.29 is 28.6 Å². The molecule has 0 aliphatic heterocycles. The van der Waals surface area contributed by atoms with Gasteiger partial charge in [-0.25, -0.2) is 0 Å². The van der Waals surface area contributed by atoms with Crippen molar-refractivity contribution in [1.29, 1.82) is 0 Å². The van der Waals surface area contributed by atoms with Gasteiger partial charge in [0.15, 0.2) is 6.10 Å². The molecule has 1 atom stereocenters. The minimum atomic E-state index is -0.761. The molecule has 0 aromatic carbocycles. The largest absolute Gasteiger partial charge is 0.462 e. The quantitative estimate of drug-likeness (QED) is 0.0261. The van der Waals surface area contributed by atoms with Gasteiger partial charge in [-0.2, -0.15) is 0 Å². The van der Waals surface area contributed by atoms with Crippen LogP contribution in [0.25, 0.3) is 0 Å². The molecule has 0 amide bonds. The Labute approximate surface area is 450 Å². The van der Waals surface area contributed by atoms with E-state index in [1.54, 1.807) is 0 Å². The lowest BCUT2D eigenvalue weighted by molar-refractivity contribution is -0.167. The molecule has 6 heteroatoms. The van der Waals surface area contributed by atoms with Crippen molar-refractivity contribution in [2.24, 2.45) is 0 Å². The average molecular weight is 1020 g/mol. The van der Waals surface area contributed by atoms with E-state index in [0.29, 0.717) is 19.3 Å². The van der Waals surface area contributed by atoms with Crippen LogP contribution in [0, 0.1) is 0 Å². The first-order valence-corrected chi connectivity index (χ1v) is 32.7. The lowest BCUT2D eigenvalue weighted by atomic mass is 10.0. The Balaban J connectivity index is 3.86. The van der Waals surface area contributed by atoms with E-state index in [1.807, 2.05) is 0 Å². The van der Waals surface area contributed by atoms with Crippen LogP contribution in [-0.4, -0.2) is 37.2 Å². The molecule has 0 aromatic heterocycles. The first-order chi connectivity index (χ1) is 35.5. The second kappa shape index (κ2) is 61.7. The Bertz CT molecular complexity index is 1120. The lowest BCUT2D eigenvalue weighted by Crippen LogP contribution is -2.30. The van der Waals surface area contributed by atoms with Gasteiger partial charge in [0.05, 0.1) is 0 Å². The lowest BCUT2D eigenvalue weighted by Gasteiger charge is -2.18. The van der Waals surface area contributed by atoms with Crippen molar-refractivity contribution in [2.75, 3.05) is 13.2 Å². The molecule has 0 spiro atoms. The van der Waals surface area contributed by atoms with Gasteiger partial charge in [-0.3, -0.25) is 14.4 Å². The van der Waals surface area contributed by atoms with Crippen LogP contribution in [-0.2, 0) is 28.6 Å². The molecule has 0 aliphatic carbocycles. The zero-order chi connectivity index (χ0) is 52.2. The summed E-state index contributed by atoms with van der Waals surface area (Å²) in [5.41, 5.74) is 0. The number of carbonyl (C=O) groups is 3. The summed E-state index contributed by atoms with van der Waals surface area (Å²) in [5, 5.41) is 0. The molecule has 0 radical (unpaired) electrons. The summed E-state index contributed by atoms with van der Waals surface area (Å²) >= 11 is 0. The van der Waals surface area contributed by atoms with Crippen molar-refractivity contribution in [1.82, 2.24) is 0 Å². The summed E-state index contributed by atoms with van der Waals surface area (Å²) < 4.78 is 16.8. The van der Waals surface area contributed by atoms with Crippen LogP contribution in [0.1, 0.15) is 374 Å². The second-order valence-corrected chi connectivity index (χ2v) is 22.4. The van der Waals surface area contributed by atoms with Crippen LogP contribution in [0.3, 0.4) is 0 Å². The molecule has 0 heterocycles. The van der Waals surface area contributed by atoms with Crippen LogP contribution in [0.15, 0.2) is 12.2 Å². The summed E-state index contributed by atoms with van der Waals surface area (Å²) in [7, 11) is 0. The number of hydrogen-bond donors (Lipinski definition) is 0. The van der Waals surface area contributed by atoms with Crippen LogP contribution in [0.4, 0.5) is 0 Å². The molecular weight excluding hydrogens is 889 g/mol. The molecule has 0 N–H and O–H groups in total. The normalized spacial score (nSPS) is 12.0. The van der Waals surface area contributed by atoms with E-state index in [2.05, 4.69) is 32.9 Å². The smallest absolute Gasteiger partial charge is 0.306 e. The first kappa shape index (κ1) is 70.1. The monoisotopic (exact) mass is 1010 g/mol. The predicted molar refractivity (Wildman–Crippen MR) is 312 cm³/mol. The van der Waals surface area contributed by atoms with E-state index in [0.717, 1.165) is 57.8 Å². The van der Waals surface area contributed by atoms with Gasteiger partial charge in [0.25, 0.3) is 0 Å². The summed E-state index contributed by atoms with van der Waals surface area (Å²) in [6.07, 6.45) is 72.8. The maximum Gasteiger partial charge on any atom is 0.306 e. The number of hydrogen-bond acceptors (Lipinski definition) is 6. The van der Waals surface area contributed by atoms with Crippen molar-refractivity contribution in [3.63, 3.8) is 0 Å². The fourth-order valence-electron chi connectivity index (χ4n) is 10.1. The van der Waals surface area contributed by atoms with E-state index in [-0.39, 0.29) is 31.1 Å². The molecule has 0 saturated carbocycles. The number of rotatable bonds is 61. The number of carbonyl (C=O) groups excluding carboxylic acids is 3.